The van der Waals surface area contributed by atoms with Crippen molar-refractivity contribution in [2.45, 2.75) is 76.7 Å². The van der Waals surface area contributed by atoms with Crippen LogP contribution in [-0.4, -0.2) is 29.2 Å². The molecule has 176 valence electrons. The number of rotatable bonds is 14. The van der Waals surface area contributed by atoms with Crippen LogP contribution in [0.2, 0.25) is 0 Å². The molecule has 1 aliphatic rings. The van der Waals surface area contributed by atoms with Crippen molar-refractivity contribution < 1.29 is 14.4 Å². The van der Waals surface area contributed by atoms with Crippen LogP contribution in [0.25, 0.3) is 0 Å². The quantitative estimate of drug-likeness (QED) is 0.304. The predicted octanol–water partition coefficient (Wildman–Crippen LogP) is 5.55. The van der Waals surface area contributed by atoms with Gasteiger partial charge in [0, 0.05) is 25.8 Å². The van der Waals surface area contributed by atoms with E-state index >= 15 is 0 Å². The largest absolute Gasteiger partial charge is 0.345 e. The van der Waals surface area contributed by atoms with Crippen molar-refractivity contribution in [1.29, 1.82) is 0 Å². The maximum Gasteiger partial charge on any atom is 0.229 e. The number of imide groups is 1. The monoisotopic (exact) mass is 448 g/mol. The van der Waals surface area contributed by atoms with Crippen LogP contribution in [-0.2, 0) is 14.4 Å². The minimum absolute atomic E-state index is 0.0112. The molecule has 33 heavy (non-hydrogen) atoms. The number of unbranched alkanes of at least 4 members (excludes halogenated alkanes) is 7. The number of nitrogens with one attached hydrogen (secondary N) is 1. The molecule has 1 aliphatic heterocycles. The third-order valence-corrected chi connectivity index (χ3v) is 6.26. The van der Waals surface area contributed by atoms with Crippen molar-refractivity contribution in [3.05, 3.63) is 71.8 Å². The molecular weight excluding hydrogens is 412 g/mol. The molecule has 1 fully saturated rings. The van der Waals surface area contributed by atoms with E-state index in [4.69, 9.17) is 0 Å². The summed E-state index contributed by atoms with van der Waals surface area (Å²) in [5.74, 6) is 0.0736. The third kappa shape index (κ3) is 8.16. The number of carbonyl (C=O) groups excluding carboxylic acids is 3. The molecule has 0 unspecified atom stereocenters. The van der Waals surface area contributed by atoms with Gasteiger partial charge in [-0.05, 0) is 24.0 Å². The molecular formula is C28H36N2O3. The summed E-state index contributed by atoms with van der Waals surface area (Å²) >= 11 is 0. The maximum atomic E-state index is 12.6. The van der Waals surface area contributed by atoms with Crippen molar-refractivity contribution in [2.24, 2.45) is 0 Å². The highest BCUT2D eigenvalue weighted by molar-refractivity contribution is 6.01. The van der Waals surface area contributed by atoms with E-state index in [0.717, 1.165) is 56.1 Å². The SMILES string of the molecule is O=C(CCCCCCCCCCN1C(=O)CCC1=O)NC(c1ccccc1)c1ccccc1. The van der Waals surface area contributed by atoms with E-state index in [2.05, 4.69) is 29.6 Å². The average Bonchev–Trinajstić information content (AvgIpc) is 3.17. The van der Waals surface area contributed by atoms with E-state index in [9.17, 15) is 14.4 Å². The van der Waals surface area contributed by atoms with Crippen molar-refractivity contribution in [1.82, 2.24) is 10.2 Å². The molecule has 1 saturated heterocycles. The Morgan fingerprint density at radius 1 is 0.697 bits per heavy atom. The number of nitrogens with zero attached hydrogens (tertiary/aromatic N) is 1. The molecule has 5 nitrogen and oxygen atoms in total. The number of carbonyl (C=O) groups is 3. The molecule has 0 saturated carbocycles. The topological polar surface area (TPSA) is 66.5 Å². The Morgan fingerprint density at radius 3 is 1.67 bits per heavy atom. The van der Waals surface area contributed by atoms with Crippen molar-refractivity contribution in [2.75, 3.05) is 6.54 Å². The predicted molar refractivity (Wildman–Crippen MR) is 130 cm³/mol. The van der Waals surface area contributed by atoms with E-state index in [1.54, 1.807) is 0 Å². The molecule has 1 N–H and O–H groups in total. The first-order chi connectivity index (χ1) is 16.1. The van der Waals surface area contributed by atoms with Gasteiger partial charge < -0.3 is 5.32 Å². The van der Waals surface area contributed by atoms with Gasteiger partial charge in [0.1, 0.15) is 0 Å². The zero-order valence-corrected chi connectivity index (χ0v) is 19.5. The Hall–Kier alpha value is -2.95. The molecule has 0 spiro atoms. The number of hydrogen-bond acceptors (Lipinski definition) is 3. The first kappa shape index (κ1) is 24.7. The zero-order chi connectivity index (χ0) is 23.3. The normalized spacial score (nSPS) is 13.7. The number of amides is 3. The van der Waals surface area contributed by atoms with Gasteiger partial charge in [0.05, 0.1) is 6.04 Å². The lowest BCUT2D eigenvalue weighted by atomic mass is 9.98. The van der Waals surface area contributed by atoms with E-state index in [0.29, 0.717) is 25.8 Å². The van der Waals surface area contributed by atoms with Gasteiger partial charge in [0.2, 0.25) is 17.7 Å². The Bertz CT molecular complexity index is 827. The van der Waals surface area contributed by atoms with Gasteiger partial charge in [-0.1, -0.05) is 99.2 Å². The fraction of sp³-hybridized carbons (Fsp3) is 0.464. The Morgan fingerprint density at radius 2 is 1.15 bits per heavy atom. The summed E-state index contributed by atoms with van der Waals surface area (Å²) in [5, 5.41) is 3.21. The second kappa shape index (κ2) is 13.6. The highest BCUT2D eigenvalue weighted by Gasteiger charge is 2.27. The summed E-state index contributed by atoms with van der Waals surface area (Å²) in [6, 6.07) is 20.1. The van der Waals surface area contributed by atoms with Gasteiger partial charge >= 0.3 is 0 Å². The highest BCUT2D eigenvalue weighted by Crippen LogP contribution is 2.22. The molecule has 5 heteroatoms. The average molecular weight is 449 g/mol. The molecule has 0 aromatic heterocycles. The molecule has 3 amide bonds. The lowest BCUT2D eigenvalue weighted by molar-refractivity contribution is -0.138. The van der Waals surface area contributed by atoms with Gasteiger partial charge in [-0.3, -0.25) is 19.3 Å². The molecule has 2 aromatic carbocycles. The first-order valence-electron chi connectivity index (χ1n) is 12.4. The smallest absolute Gasteiger partial charge is 0.229 e. The van der Waals surface area contributed by atoms with Crippen molar-refractivity contribution >= 4 is 17.7 Å². The molecule has 0 bridgehead atoms. The van der Waals surface area contributed by atoms with Crippen LogP contribution in [0, 0.1) is 0 Å². The fourth-order valence-electron chi connectivity index (χ4n) is 4.37. The minimum atomic E-state index is -0.119. The molecule has 0 atom stereocenters. The summed E-state index contributed by atoms with van der Waals surface area (Å²) in [7, 11) is 0. The lowest BCUT2D eigenvalue weighted by Crippen LogP contribution is -2.29. The Balaban J connectivity index is 1.26. The number of hydrogen-bond donors (Lipinski definition) is 1. The zero-order valence-electron chi connectivity index (χ0n) is 19.5. The Kier molecular flexibility index (Phi) is 10.1. The Labute approximate surface area is 197 Å². The van der Waals surface area contributed by atoms with Gasteiger partial charge in [-0.2, -0.15) is 0 Å². The van der Waals surface area contributed by atoms with Crippen LogP contribution in [0.5, 0.6) is 0 Å². The van der Waals surface area contributed by atoms with Crippen LogP contribution in [0.4, 0.5) is 0 Å². The molecule has 0 aliphatic carbocycles. The maximum absolute atomic E-state index is 12.6. The second-order valence-electron chi connectivity index (χ2n) is 8.84. The van der Waals surface area contributed by atoms with Crippen LogP contribution in [0.3, 0.4) is 0 Å². The number of benzene rings is 2. The standard InChI is InChI=1S/C28H36N2O3/c31-25(29-28(23-15-9-7-10-16-23)24-17-11-8-12-18-24)19-13-5-3-1-2-4-6-14-22-30-26(32)20-21-27(30)33/h7-12,15-18,28H,1-6,13-14,19-22H2,(H,29,31). The van der Waals surface area contributed by atoms with Crippen molar-refractivity contribution in [3.63, 3.8) is 0 Å². The van der Waals surface area contributed by atoms with E-state index < -0.39 is 0 Å². The van der Waals surface area contributed by atoms with Crippen molar-refractivity contribution in [3.8, 4) is 0 Å². The number of likely N-dealkylation sites (tertiary alicyclic amines) is 1. The summed E-state index contributed by atoms with van der Waals surface area (Å²) in [6.45, 7) is 0.583. The third-order valence-electron chi connectivity index (χ3n) is 6.26. The second-order valence-corrected chi connectivity index (χ2v) is 8.84. The van der Waals surface area contributed by atoms with Crippen LogP contribution in [0.1, 0.15) is 87.8 Å². The summed E-state index contributed by atoms with van der Waals surface area (Å²) in [6.07, 6.45) is 9.84. The van der Waals surface area contributed by atoms with Gasteiger partial charge in [0.25, 0.3) is 0 Å². The van der Waals surface area contributed by atoms with E-state index in [-0.39, 0.29) is 23.8 Å². The molecule has 2 aromatic rings. The summed E-state index contributed by atoms with van der Waals surface area (Å²) in [4.78, 5) is 37.2. The van der Waals surface area contributed by atoms with Gasteiger partial charge in [-0.15, -0.1) is 0 Å². The molecule has 3 rings (SSSR count). The van der Waals surface area contributed by atoms with Crippen LogP contribution >= 0.6 is 0 Å². The lowest BCUT2D eigenvalue weighted by Gasteiger charge is -2.20. The van der Waals surface area contributed by atoms with E-state index in [1.165, 1.54) is 11.3 Å². The first-order valence-corrected chi connectivity index (χ1v) is 12.4. The minimum Gasteiger partial charge on any atom is -0.345 e. The van der Waals surface area contributed by atoms with Crippen LogP contribution < -0.4 is 5.32 Å². The van der Waals surface area contributed by atoms with E-state index in [1.807, 2.05) is 36.4 Å². The van der Waals surface area contributed by atoms with Gasteiger partial charge in [-0.25, -0.2) is 0 Å². The summed E-state index contributed by atoms with van der Waals surface area (Å²) < 4.78 is 0. The highest BCUT2D eigenvalue weighted by atomic mass is 16.2. The van der Waals surface area contributed by atoms with Gasteiger partial charge in [0.15, 0.2) is 0 Å². The summed E-state index contributed by atoms with van der Waals surface area (Å²) in [5.41, 5.74) is 2.19. The molecule has 1 heterocycles. The fourth-order valence-corrected chi connectivity index (χ4v) is 4.37. The van der Waals surface area contributed by atoms with Crippen LogP contribution in [0.15, 0.2) is 60.7 Å². The molecule has 0 radical (unpaired) electrons.